The summed E-state index contributed by atoms with van der Waals surface area (Å²) in [5, 5.41) is 18.0. The molecule has 1 aliphatic rings. The summed E-state index contributed by atoms with van der Waals surface area (Å²) in [5.74, 6) is -0.00518. The van der Waals surface area contributed by atoms with Crippen LogP contribution in [0.4, 0.5) is 10.2 Å². The van der Waals surface area contributed by atoms with E-state index in [-0.39, 0.29) is 23.4 Å². The highest BCUT2D eigenvalue weighted by atomic mass is 31.2. The van der Waals surface area contributed by atoms with Crippen molar-refractivity contribution in [2.75, 3.05) is 25.6 Å². The van der Waals surface area contributed by atoms with Crippen LogP contribution in [0.15, 0.2) is 55.1 Å². The SMILES string of the molecule is CNc1ncnc2c1ncn2[C@@H]1O[C@H](CO[P@](=O)(N[C@@H](C)C(=O)OCC(C)(C)C)Oc2cccc3ccccc23)[C@@H](O)[C@@]1(C)F. The Labute approximate surface area is 260 Å². The zero-order chi connectivity index (χ0) is 32.6. The number of anilines is 1. The van der Waals surface area contributed by atoms with E-state index in [0.717, 1.165) is 5.39 Å². The van der Waals surface area contributed by atoms with E-state index in [0.29, 0.717) is 16.7 Å². The van der Waals surface area contributed by atoms with Crippen molar-refractivity contribution in [3.05, 3.63) is 55.1 Å². The van der Waals surface area contributed by atoms with Crippen LogP contribution in [0.25, 0.3) is 21.9 Å². The normalized spacial score (nSPS) is 24.0. The van der Waals surface area contributed by atoms with Crippen molar-refractivity contribution >= 4 is 41.5 Å². The monoisotopic (exact) mass is 644 g/mol. The minimum atomic E-state index is -4.38. The molecule has 0 bridgehead atoms. The lowest BCUT2D eigenvalue weighted by atomic mass is 9.98. The largest absolute Gasteiger partial charge is 0.464 e. The van der Waals surface area contributed by atoms with Gasteiger partial charge in [0.1, 0.15) is 35.8 Å². The summed E-state index contributed by atoms with van der Waals surface area (Å²) in [6, 6.07) is 11.4. The van der Waals surface area contributed by atoms with Crippen molar-refractivity contribution in [1.82, 2.24) is 24.6 Å². The number of rotatable bonds is 11. The third kappa shape index (κ3) is 6.95. The number of aliphatic hydroxyl groups excluding tert-OH is 1. The van der Waals surface area contributed by atoms with Gasteiger partial charge in [-0.3, -0.25) is 13.9 Å². The highest BCUT2D eigenvalue weighted by Gasteiger charge is 2.56. The topological polar surface area (TPSA) is 159 Å². The second-order valence-electron chi connectivity index (χ2n) is 12.3. The van der Waals surface area contributed by atoms with Crippen LogP contribution in [-0.4, -0.2) is 74.8 Å². The number of imidazole rings is 1. The van der Waals surface area contributed by atoms with Crippen LogP contribution in [0, 0.1) is 5.41 Å². The third-order valence-electron chi connectivity index (χ3n) is 7.29. The Kier molecular flexibility index (Phi) is 9.16. The van der Waals surface area contributed by atoms with Gasteiger partial charge in [0, 0.05) is 12.4 Å². The van der Waals surface area contributed by atoms with E-state index >= 15 is 4.39 Å². The Morgan fingerprint density at radius 2 is 1.93 bits per heavy atom. The van der Waals surface area contributed by atoms with Crippen molar-refractivity contribution in [3.8, 4) is 5.75 Å². The number of hydrogen-bond donors (Lipinski definition) is 3. The molecule has 0 saturated carbocycles. The summed E-state index contributed by atoms with van der Waals surface area (Å²) < 4.78 is 54.9. The number of hydrogen-bond acceptors (Lipinski definition) is 11. The predicted octanol–water partition coefficient (Wildman–Crippen LogP) is 4.78. The van der Waals surface area contributed by atoms with E-state index in [1.54, 1.807) is 31.3 Å². The van der Waals surface area contributed by atoms with E-state index in [1.165, 1.54) is 31.1 Å². The Morgan fingerprint density at radius 3 is 2.67 bits per heavy atom. The maximum atomic E-state index is 16.1. The fourth-order valence-electron chi connectivity index (χ4n) is 4.93. The van der Waals surface area contributed by atoms with Crippen LogP contribution in [0.5, 0.6) is 5.75 Å². The van der Waals surface area contributed by atoms with E-state index < -0.39 is 50.5 Å². The van der Waals surface area contributed by atoms with Crippen LogP contribution in [0.1, 0.15) is 40.8 Å². The van der Waals surface area contributed by atoms with Crippen LogP contribution in [-0.2, 0) is 23.4 Å². The van der Waals surface area contributed by atoms with Crippen molar-refractivity contribution < 1.29 is 37.4 Å². The first-order chi connectivity index (χ1) is 21.2. The van der Waals surface area contributed by atoms with E-state index in [2.05, 4.69) is 25.4 Å². The average Bonchev–Trinajstić information content (AvgIpc) is 3.52. The molecule has 5 rings (SSSR count). The minimum Gasteiger partial charge on any atom is -0.464 e. The molecule has 15 heteroatoms. The molecule has 0 aliphatic carbocycles. The molecule has 1 aliphatic heterocycles. The molecular weight excluding hydrogens is 606 g/mol. The summed E-state index contributed by atoms with van der Waals surface area (Å²) in [4.78, 5) is 25.4. The molecule has 3 heterocycles. The molecule has 4 aromatic rings. The van der Waals surface area contributed by atoms with Gasteiger partial charge in [-0.2, -0.15) is 5.09 Å². The predicted molar refractivity (Wildman–Crippen MR) is 165 cm³/mol. The second-order valence-corrected chi connectivity index (χ2v) is 14.0. The molecular formula is C30H38FN6O7P. The molecule has 13 nitrogen and oxygen atoms in total. The number of aromatic nitrogens is 4. The quantitative estimate of drug-likeness (QED) is 0.152. The second kappa shape index (κ2) is 12.6. The van der Waals surface area contributed by atoms with Crippen LogP contribution >= 0.6 is 7.75 Å². The number of carbonyl (C=O) groups excluding carboxylic acids is 1. The van der Waals surface area contributed by atoms with Gasteiger partial charge in [-0.05, 0) is 30.7 Å². The smallest absolute Gasteiger partial charge is 0.459 e. The fourth-order valence-corrected chi connectivity index (χ4v) is 6.45. The molecule has 0 spiro atoms. The van der Waals surface area contributed by atoms with Gasteiger partial charge in [0.25, 0.3) is 0 Å². The van der Waals surface area contributed by atoms with Gasteiger partial charge < -0.3 is 24.4 Å². The Hall–Kier alpha value is -3.68. The van der Waals surface area contributed by atoms with Crippen molar-refractivity contribution in [3.63, 3.8) is 0 Å². The van der Waals surface area contributed by atoms with Gasteiger partial charge in [0.15, 0.2) is 23.4 Å². The van der Waals surface area contributed by atoms with E-state index in [4.69, 9.17) is 18.5 Å². The highest BCUT2D eigenvalue weighted by Crippen LogP contribution is 2.49. The lowest BCUT2D eigenvalue weighted by Gasteiger charge is -2.26. The molecule has 2 aromatic carbocycles. The number of ether oxygens (including phenoxy) is 2. The molecule has 0 radical (unpaired) electrons. The van der Waals surface area contributed by atoms with Crippen molar-refractivity contribution in [2.24, 2.45) is 5.41 Å². The van der Waals surface area contributed by atoms with E-state index in [9.17, 15) is 14.5 Å². The lowest BCUT2D eigenvalue weighted by Crippen LogP contribution is -2.41. The van der Waals surface area contributed by atoms with Crippen molar-refractivity contribution in [2.45, 2.75) is 64.8 Å². The summed E-state index contributed by atoms with van der Waals surface area (Å²) in [5.41, 5.74) is -1.95. The number of alkyl halides is 1. The molecule has 1 saturated heterocycles. The molecule has 2 aromatic heterocycles. The summed E-state index contributed by atoms with van der Waals surface area (Å²) in [7, 11) is -2.72. The standard InChI is InChI=1S/C30H38FN6O7P/c1-18(27(39)41-15-29(2,3)4)36-45(40,44-21-13-9-11-19-10-7-8-12-20(19)21)42-14-22-24(38)30(5,31)28(43-22)37-17-35-23-25(32-6)33-16-34-26(23)37/h7-13,16-18,22,24,28,38H,14-15H2,1-6H3,(H,36,40)(H,32,33,34)/t18-,22+,24+,28+,30+,45+/m0/s1. The van der Waals surface area contributed by atoms with Gasteiger partial charge in [-0.25, -0.2) is 23.9 Å². The summed E-state index contributed by atoms with van der Waals surface area (Å²) >= 11 is 0. The van der Waals surface area contributed by atoms with Gasteiger partial charge in [-0.15, -0.1) is 0 Å². The number of aliphatic hydroxyl groups is 1. The molecule has 45 heavy (non-hydrogen) atoms. The molecule has 0 unspecified atom stereocenters. The summed E-state index contributed by atoms with van der Waals surface area (Å²) in [6.45, 7) is 7.96. The van der Waals surface area contributed by atoms with Crippen LogP contribution in [0.3, 0.4) is 0 Å². The highest BCUT2D eigenvalue weighted by molar-refractivity contribution is 7.52. The number of benzene rings is 2. The minimum absolute atomic E-state index is 0.134. The maximum Gasteiger partial charge on any atom is 0.459 e. The Bertz CT molecular complexity index is 1720. The molecule has 1 fully saturated rings. The molecule has 242 valence electrons. The zero-order valence-corrected chi connectivity index (χ0v) is 26.8. The fraction of sp³-hybridized carbons (Fsp3) is 0.467. The molecule has 6 atom stereocenters. The molecule has 3 N–H and O–H groups in total. The molecule has 0 amide bonds. The van der Waals surface area contributed by atoms with Crippen LogP contribution in [0.2, 0.25) is 0 Å². The first kappa shape index (κ1) is 32.7. The first-order valence-electron chi connectivity index (χ1n) is 14.5. The van der Waals surface area contributed by atoms with Gasteiger partial charge in [-0.1, -0.05) is 57.2 Å². The Morgan fingerprint density at radius 1 is 1.20 bits per heavy atom. The number of carbonyl (C=O) groups is 1. The van der Waals surface area contributed by atoms with Crippen LogP contribution < -0.4 is 14.9 Å². The van der Waals surface area contributed by atoms with Crippen molar-refractivity contribution in [1.29, 1.82) is 0 Å². The average molecular weight is 645 g/mol. The third-order valence-corrected chi connectivity index (χ3v) is 8.92. The maximum absolute atomic E-state index is 16.1. The summed E-state index contributed by atoms with van der Waals surface area (Å²) in [6.07, 6.45) is -1.70. The number of esters is 1. The number of fused-ring (bicyclic) bond motifs is 2. The lowest BCUT2D eigenvalue weighted by molar-refractivity contribution is -0.148. The number of nitrogens with zero attached hydrogens (tertiary/aromatic N) is 4. The zero-order valence-electron chi connectivity index (χ0n) is 25.9. The van der Waals surface area contributed by atoms with Gasteiger partial charge in [0.2, 0.25) is 0 Å². The number of nitrogens with one attached hydrogen (secondary N) is 2. The number of halogens is 1. The Balaban J connectivity index is 1.39. The van der Waals surface area contributed by atoms with Gasteiger partial charge in [0.05, 0.1) is 19.5 Å². The van der Waals surface area contributed by atoms with Gasteiger partial charge >= 0.3 is 13.7 Å². The van der Waals surface area contributed by atoms with E-state index in [1.807, 2.05) is 39.0 Å². The first-order valence-corrected chi connectivity index (χ1v) is 16.0.